The van der Waals surface area contributed by atoms with Crippen LogP contribution in [0.2, 0.25) is 0 Å². The molecule has 0 spiro atoms. The van der Waals surface area contributed by atoms with Crippen LogP contribution in [0.25, 0.3) is 0 Å². The molecule has 0 aliphatic carbocycles. The first-order valence-electron chi connectivity index (χ1n) is 10.0. The van der Waals surface area contributed by atoms with Gasteiger partial charge in [0.1, 0.15) is 17.8 Å². The van der Waals surface area contributed by atoms with Crippen molar-refractivity contribution in [1.29, 1.82) is 0 Å². The lowest BCUT2D eigenvalue weighted by Crippen LogP contribution is -2.52. The maximum atomic E-state index is 13.1. The average molecular weight is 420 g/mol. The maximum absolute atomic E-state index is 13.1. The predicted octanol–water partition coefficient (Wildman–Crippen LogP) is 1.74. The molecule has 8 nitrogen and oxygen atoms in total. The second kappa shape index (κ2) is 8.20. The largest absolute Gasteiger partial charge is 0.482 e. The van der Waals surface area contributed by atoms with Crippen LogP contribution in [0.1, 0.15) is 37.3 Å². The number of carbonyl (C=O) groups is 1. The first-order chi connectivity index (χ1) is 13.7. The fraction of sp³-hybridized carbons (Fsp3) is 0.550. The Balaban J connectivity index is 0.00000205. The van der Waals surface area contributed by atoms with E-state index in [1.54, 1.807) is 0 Å². The van der Waals surface area contributed by atoms with Crippen LogP contribution < -0.4 is 14.8 Å². The van der Waals surface area contributed by atoms with Gasteiger partial charge in [-0.2, -0.15) is 0 Å². The van der Waals surface area contributed by atoms with Gasteiger partial charge in [-0.05, 0) is 31.9 Å². The number of hydrogen-bond donors (Lipinski definition) is 1. The van der Waals surface area contributed by atoms with E-state index in [9.17, 15) is 4.79 Å². The second-order valence-corrected chi connectivity index (χ2v) is 7.71. The third-order valence-corrected chi connectivity index (χ3v) is 5.91. The Morgan fingerprint density at radius 3 is 2.59 bits per heavy atom. The standard InChI is InChI=1S/C20H25N5O3.ClH/c1-13-18(28-16-5-3-2-4-15(16)27-13)20(26)24-9-6-14(7-10-24)19-23-22-17-12-21-8-11-25(17)19;/h2-5,13-14,18,21H,6-12H2,1H3;1H. The van der Waals surface area contributed by atoms with Crippen molar-refractivity contribution in [2.45, 2.75) is 51.0 Å². The van der Waals surface area contributed by atoms with Gasteiger partial charge in [0.05, 0.1) is 6.54 Å². The minimum absolute atomic E-state index is 0. The van der Waals surface area contributed by atoms with Crippen molar-refractivity contribution < 1.29 is 14.3 Å². The molecule has 0 saturated carbocycles. The number of para-hydroxylation sites is 2. The Kier molecular flexibility index (Phi) is 5.65. The van der Waals surface area contributed by atoms with Gasteiger partial charge in [-0.1, -0.05) is 12.1 Å². The monoisotopic (exact) mass is 419 g/mol. The molecule has 1 aromatic carbocycles. The molecule has 5 rings (SSSR count). The van der Waals surface area contributed by atoms with Gasteiger partial charge in [-0.15, -0.1) is 22.6 Å². The first-order valence-corrected chi connectivity index (χ1v) is 10.0. The third-order valence-electron chi connectivity index (χ3n) is 5.91. The van der Waals surface area contributed by atoms with Crippen molar-refractivity contribution >= 4 is 18.3 Å². The summed E-state index contributed by atoms with van der Waals surface area (Å²) in [7, 11) is 0. The number of amides is 1. The Bertz CT molecular complexity index is 881. The number of piperidine rings is 1. The molecule has 0 bridgehead atoms. The highest BCUT2D eigenvalue weighted by atomic mass is 35.5. The van der Waals surface area contributed by atoms with Gasteiger partial charge in [0, 0.05) is 32.1 Å². The molecule has 9 heteroatoms. The van der Waals surface area contributed by atoms with E-state index in [0.717, 1.165) is 44.1 Å². The Morgan fingerprint density at radius 1 is 1.10 bits per heavy atom. The van der Waals surface area contributed by atoms with Gasteiger partial charge in [0.15, 0.2) is 11.5 Å². The number of fused-ring (bicyclic) bond motifs is 2. The van der Waals surface area contributed by atoms with Gasteiger partial charge in [0.2, 0.25) is 6.10 Å². The fourth-order valence-corrected chi connectivity index (χ4v) is 4.35. The van der Waals surface area contributed by atoms with Gasteiger partial charge in [-0.3, -0.25) is 4.79 Å². The lowest BCUT2D eigenvalue weighted by molar-refractivity contribution is -0.145. The zero-order valence-electron chi connectivity index (χ0n) is 16.4. The van der Waals surface area contributed by atoms with Crippen LogP contribution in [0.15, 0.2) is 24.3 Å². The van der Waals surface area contributed by atoms with Crippen LogP contribution in [-0.2, 0) is 17.9 Å². The van der Waals surface area contributed by atoms with Crippen LogP contribution in [0.5, 0.6) is 11.5 Å². The molecule has 0 radical (unpaired) electrons. The van der Waals surface area contributed by atoms with Crippen LogP contribution in [0, 0.1) is 0 Å². The van der Waals surface area contributed by atoms with Crippen molar-refractivity contribution in [2.75, 3.05) is 19.6 Å². The molecule has 29 heavy (non-hydrogen) atoms. The van der Waals surface area contributed by atoms with Crippen LogP contribution in [0.4, 0.5) is 0 Å². The van der Waals surface area contributed by atoms with E-state index in [2.05, 4.69) is 20.1 Å². The molecule has 1 N–H and O–H groups in total. The highest BCUT2D eigenvalue weighted by molar-refractivity contribution is 5.85. The normalized spacial score (nSPS) is 23.8. The zero-order chi connectivity index (χ0) is 19.1. The van der Waals surface area contributed by atoms with Crippen molar-refractivity contribution in [2.24, 2.45) is 0 Å². The number of ether oxygens (including phenoxy) is 2. The number of nitrogens with one attached hydrogen (secondary N) is 1. The molecule has 4 heterocycles. The Hall–Kier alpha value is -2.32. The van der Waals surface area contributed by atoms with E-state index < -0.39 is 6.10 Å². The number of aromatic nitrogens is 3. The average Bonchev–Trinajstić information content (AvgIpc) is 3.17. The lowest BCUT2D eigenvalue weighted by Gasteiger charge is -2.37. The number of likely N-dealkylation sites (tertiary alicyclic amines) is 1. The lowest BCUT2D eigenvalue weighted by atomic mass is 9.95. The summed E-state index contributed by atoms with van der Waals surface area (Å²) in [5.74, 6) is 3.78. The third kappa shape index (κ3) is 3.67. The molecule has 2 aromatic rings. The zero-order valence-corrected chi connectivity index (χ0v) is 17.2. The summed E-state index contributed by atoms with van der Waals surface area (Å²) in [4.78, 5) is 15.0. The van der Waals surface area contributed by atoms with Crippen molar-refractivity contribution in [3.63, 3.8) is 0 Å². The van der Waals surface area contributed by atoms with E-state index in [1.807, 2.05) is 36.1 Å². The van der Waals surface area contributed by atoms with Gasteiger partial charge in [0.25, 0.3) is 5.91 Å². The number of rotatable bonds is 2. The number of benzene rings is 1. The molecule has 1 amide bonds. The van der Waals surface area contributed by atoms with E-state index in [0.29, 0.717) is 30.5 Å². The molecular weight excluding hydrogens is 394 g/mol. The molecule has 3 aliphatic rings. The van der Waals surface area contributed by atoms with Crippen LogP contribution >= 0.6 is 12.4 Å². The van der Waals surface area contributed by atoms with Gasteiger partial charge < -0.3 is 24.3 Å². The summed E-state index contributed by atoms with van der Waals surface area (Å²) in [6.07, 6.45) is 0.889. The predicted molar refractivity (Wildman–Crippen MR) is 108 cm³/mol. The summed E-state index contributed by atoms with van der Waals surface area (Å²) in [5.41, 5.74) is 0. The Labute approximate surface area is 176 Å². The molecule has 156 valence electrons. The maximum Gasteiger partial charge on any atom is 0.267 e. The van der Waals surface area contributed by atoms with E-state index >= 15 is 0 Å². The molecular formula is C20H26ClN5O3. The van der Waals surface area contributed by atoms with E-state index in [4.69, 9.17) is 9.47 Å². The van der Waals surface area contributed by atoms with E-state index in [-0.39, 0.29) is 24.4 Å². The summed E-state index contributed by atoms with van der Waals surface area (Å²) < 4.78 is 14.1. The van der Waals surface area contributed by atoms with E-state index in [1.165, 1.54) is 0 Å². The number of carbonyl (C=O) groups excluding carboxylic acids is 1. The minimum atomic E-state index is -0.599. The molecule has 3 aliphatic heterocycles. The van der Waals surface area contributed by atoms with Gasteiger partial charge >= 0.3 is 0 Å². The summed E-state index contributed by atoms with van der Waals surface area (Å²) in [6.45, 7) is 5.95. The highest BCUT2D eigenvalue weighted by Crippen LogP contribution is 2.35. The molecule has 2 unspecified atom stereocenters. The number of nitrogens with zero attached hydrogens (tertiary/aromatic N) is 4. The molecule has 1 saturated heterocycles. The number of halogens is 1. The summed E-state index contributed by atoms with van der Waals surface area (Å²) in [5, 5.41) is 12.1. The molecule has 2 atom stereocenters. The fourth-order valence-electron chi connectivity index (χ4n) is 4.35. The van der Waals surface area contributed by atoms with Crippen LogP contribution in [0.3, 0.4) is 0 Å². The quantitative estimate of drug-likeness (QED) is 0.798. The van der Waals surface area contributed by atoms with Crippen LogP contribution in [-0.4, -0.2) is 57.4 Å². The summed E-state index contributed by atoms with van der Waals surface area (Å²) >= 11 is 0. The Morgan fingerprint density at radius 2 is 1.83 bits per heavy atom. The molecule has 1 aromatic heterocycles. The SMILES string of the molecule is CC1Oc2ccccc2OC1C(=O)N1CCC(c2nnc3n2CCNC3)CC1.Cl. The highest BCUT2D eigenvalue weighted by Gasteiger charge is 2.38. The summed E-state index contributed by atoms with van der Waals surface area (Å²) in [6, 6.07) is 7.50. The van der Waals surface area contributed by atoms with Crippen molar-refractivity contribution in [3.05, 3.63) is 35.9 Å². The minimum Gasteiger partial charge on any atom is -0.482 e. The van der Waals surface area contributed by atoms with Gasteiger partial charge in [-0.25, -0.2) is 0 Å². The van der Waals surface area contributed by atoms with Crippen molar-refractivity contribution in [1.82, 2.24) is 25.0 Å². The number of hydrogen-bond acceptors (Lipinski definition) is 6. The first kappa shape index (κ1) is 20.0. The molecule has 1 fully saturated rings. The topological polar surface area (TPSA) is 81.5 Å². The second-order valence-electron chi connectivity index (χ2n) is 7.71. The van der Waals surface area contributed by atoms with Crippen molar-refractivity contribution in [3.8, 4) is 11.5 Å². The smallest absolute Gasteiger partial charge is 0.267 e.